The SMILES string of the molecule is CCNC(c1cc(C)c(C)s1)c1ccc(Cl)cc1Cl. The fourth-order valence-electron chi connectivity index (χ4n) is 2.05. The van der Waals surface area contributed by atoms with E-state index in [1.165, 1.54) is 15.3 Å². The first-order valence-electron chi connectivity index (χ1n) is 6.28. The Hall–Kier alpha value is -0.540. The normalized spacial score (nSPS) is 12.7. The quantitative estimate of drug-likeness (QED) is 0.800. The lowest BCUT2D eigenvalue weighted by Crippen LogP contribution is -2.21. The van der Waals surface area contributed by atoms with Crippen molar-refractivity contribution in [3.8, 4) is 0 Å². The Labute approximate surface area is 128 Å². The van der Waals surface area contributed by atoms with Gasteiger partial charge in [-0.1, -0.05) is 36.2 Å². The van der Waals surface area contributed by atoms with Crippen LogP contribution >= 0.6 is 34.5 Å². The fourth-order valence-corrected chi connectivity index (χ4v) is 3.70. The van der Waals surface area contributed by atoms with Crippen LogP contribution in [0.2, 0.25) is 10.0 Å². The lowest BCUT2D eigenvalue weighted by atomic mass is 10.0. The minimum absolute atomic E-state index is 0.132. The maximum Gasteiger partial charge on any atom is 0.0685 e. The van der Waals surface area contributed by atoms with E-state index in [2.05, 4.69) is 32.2 Å². The molecule has 1 unspecified atom stereocenters. The third-order valence-electron chi connectivity index (χ3n) is 3.15. The molecule has 0 saturated carbocycles. The smallest absolute Gasteiger partial charge is 0.0685 e. The van der Waals surface area contributed by atoms with Crippen LogP contribution in [0.25, 0.3) is 0 Å². The van der Waals surface area contributed by atoms with Crippen LogP contribution in [-0.2, 0) is 0 Å². The van der Waals surface area contributed by atoms with Gasteiger partial charge >= 0.3 is 0 Å². The molecule has 0 bridgehead atoms. The maximum absolute atomic E-state index is 6.34. The molecule has 0 fully saturated rings. The fraction of sp³-hybridized carbons (Fsp3) is 0.333. The van der Waals surface area contributed by atoms with E-state index < -0.39 is 0 Å². The van der Waals surface area contributed by atoms with Gasteiger partial charge in [0.2, 0.25) is 0 Å². The second kappa shape index (κ2) is 6.27. The van der Waals surface area contributed by atoms with Gasteiger partial charge in [0.25, 0.3) is 0 Å². The average molecular weight is 314 g/mol. The summed E-state index contributed by atoms with van der Waals surface area (Å²) in [7, 11) is 0. The highest BCUT2D eigenvalue weighted by Crippen LogP contribution is 2.35. The zero-order valence-corrected chi connectivity index (χ0v) is 13.6. The summed E-state index contributed by atoms with van der Waals surface area (Å²) in [6, 6.07) is 8.06. The number of halogens is 2. The summed E-state index contributed by atoms with van der Waals surface area (Å²) in [5, 5.41) is 4.88. The van der Waals surface area contributed by atoms with Gasteiger partial charge in [0, 0.05) is 19.8 Å². The highest BCUT2D eigenvalue weighted by Gasteiger charge is 2.18. The molecule has 1 heterocycles. The Morgan fingerprint density at radius 2 is 1.95 bits per heavy atom. The van der Waals surface area contributed by atoms with Crippen LogP contribution in [0, 0.1) is 13.8 Å². The molecule has 19 heavy (non-hydrogen) atoms. The maximum atomic E-state index is 6.34. The van der Waals surface area contributed by atoms with Crippen LogP contribution in [-0.4, -0.2) is 6.54 Å². The Morgan fingerprint density at radius 3 is 2.47 bits per heavy atom. The van der Waals surface area contributed by atoms with Crippen molar-refractivity contribution >= 4 is 34.5 Å². The minimum Gasteiger partial charge on any atom is -0.306 e. The molecule has 102 valence electrons. The first-order valence-corrected chi connectivity index (χ1v) is 7.85. The zero-order chi connectivity index (χ0) is 14.0. The number of aryl methyl sites for hydroxylation is 2. The second-order valence-corrected chi connectivity index (χ2v) is 6.68. The van der Waals surface area contributed by atoms with Crippen LogP contribution in [0.1, 0.15) is 33.8 Å². The summed E-state index contributed by atoms with van der Waals surface area (Å²) < 4.78 is 0. The molecular formula is C15H17Cl2NS. The summed E-state index contributed by atoms with van der Waals surface area (Å²) >= 11 is 14.1. The third kappa shape index (κ3) is 3.32. The number of thiophene rings is 1. The molecule has 2 rings (SSSR count). The zero-order valence-electron chi connectivity index (χ0n) is 11.3. The van der Waals surface area contributed by atoms with Crippen molar-refractivity contribution < 1.29 is 0 Å². The number of rotatable bonds is 4. The molecule has 0 amide bonds. The molecule has 0 radical (unpaired) electrons. The van der Waals surface area contributed by atoms with Gasteiger partial charge in [-0.2, -0.15) is 0 Å². The van der Waals surface area contributed by atoms with E-state index in [1.54, 1.807) is 6.07 Å². The highest BCUT2D eigenvalue weighted by atomic mass is 35.5. The molecule has 0 saturated heterocycles. The topological polar surface area (TPSA) is 12.0 Å². The van der Waals surface area contributed by atoms with E-state index in [4.69, 9.17) is 23.2 Å². The van der Waals surface area contributed by atoms with Crippen LogP contribution in [0.5, 0.6) is 0 Å². The number of nitrogens with one attached hydrogen (secondary N) is 1. The van der Waals surface area contributed by atoms with Gasteiger partial charge in [0.05, 0.1) is 6.04 Å². The molecule has 0 aliphatic heterocycles. The van der Waals surface area contributed by atoms with Crippen LogP contribution < -0.4 is 5.32 Å². The van der Waals surface area contributed by atoms with Crippen LogP contribution in [0.3, 0.4) is 0 Å². The number of hydrogen-bond acceptors (Lipinski definition) is 2. The van der Waals surface area contributed by atoms with Crippen molar-refractivity contribution in [1.29, 1.82) is 0 Å². The summed E-state index contributed by atoms with van der Waals surface area (Å²) in [4.78, 5) is 2.64. The summed E-state index contributed by atoms with van der Waals surface area (Å²) in [5.41, 5.74) is 2.40. The number of benzene rings is 1. The van der Waals surface area contributed by atoms with E-state index >= 15 is 0 Å². The van der Waals surface area contributed by atoms with E-state index in [0.29, 0.717) is 10.0 Å². The summed E-state index contributed by atoms with van der Waals surface area (Å²) in [6.07, 6.45) is 0. The molecule has 0 aliphatic carbocycles. The first-order chi connectivity index (χ1) is 9.02. The molecule has 0 spiro atoms. The van der Waals surface area contributed by atoms with Crippen molar-refractivity contribution in [2.75, 3.05) is 6.54 Å². The molecule has 1 aromatic carbocycles. The summed E-state index contributed by atoms with van der Waals surface area (Å²) in [5.74, 6) is 0. The molecule has 4 heteroatoms. The van der Waals surface area contributed by atoms with Crippen LogP contribution in [0.4, 0.5) is 0 Å². The standard InChI is InChI=1S/C15H17Cl2NS/c1-4-18-15(14-7-9(2)10(3)19-14)12-6-5-11(16)8-13(12)17/h5-8,15,18H,4H2,1-3H3. The lowest BCUT2D eigenvalue weighted by molar-refractivity contribution is 0.640. The predicted molar refractivity (Wildman–Crippen MR) is 85.8 cm³/mol. The van der Waals surface area contributed by atoms with Gasteiger partial charge in [-0.3, -0.25) is 0 Å². The molecule has 2 aromatic rings. The molecule has 0 aliphatic rings. The largest absolute Gasteiger partial charge is 0.306 e. The van der Waals surface area contributed by atoms with Crippen molar-refractivity contribution in [3.05, 3.63) is 55.2 Å². The molecular weight excluding hydrogens is 297 g/mol. The highest BCUT2D eigenvalue weighted by molar-refractivity contribution is 7.12. The van der Waals surface area contributed by atoms with E-state index in [-0.39, 0.29) is 6.04 Å². The van der Waals surface area contributed by atoms with Crippen molar-refractivity contribution in [2.24, 2.45) is 0 Å². The van der Waals surface area contributed by atoms with Gasteiger partial charge in [0.15, 0.2) is 0 Å². The third-order valence-corrected chi connectivity index (χ3v) is 4.93. The number of hydrogen-bond donors (Lipinski definition) is 1. The van der Waals surface area contributed by atoms with E-state index in [0.717, 1.165) is 12.1 Å². The lowest BCUT2D eigenvalue weighted by Gasteiger charge is -2.18. The van der Waals surface area contributed by atoms with Gasteiger partial charge in [-0.15, -0.1) is 11.3 Å². The molecule has 1 aromatic heterocycles. The molecule has 1 atom stereocenters. The Kier molecular flexibility index (Phi) is 4.91. The Morgan fingerprint density at radius 1 is 1.21 bits per heavy atom. The van der Waals surface area contributed by atoms with E-state index in [9.17, 15) is 0 Å². The average Bonchev–Trinajstić information content (AvgIpc) is 2.67. The summed E-state index contributed by atoms with van der Waals surface area (Å²) in [6.45, 7) is 7.28. The van der Waals surface area contributed by atoms with Crippen LogP contribution in [0.15, 0.2) is 24.3 Å². The van der Waals surface area contributed by atoms with Crippen molar-refractivity contribution in [1.82, 2.24) is 5.32 Å². The minimum atomic E-state index is 0.132. The van der Waals surface area contributed by atoms with Gasteiger partial charge in [-0.05, 0) is 49.7 Å². The Balaban J connectivity index is 2.44. The monoisotopic (exact) mass is 313 g/mol. The first kappa shape index (κ1) is 14.9. The Bertz CT molecular complexity index is 558. The molecule has 1 N–H and O–H groups in total. The van der Waals surface area contributed by atoms with Crippen molar-refractivity contribution in [2.45, 2.75) is 26.8 Å². The van der Waals surface area contributed by atoms with Gasteiger partial charge in [0.1, 0.15) is 0 Å². The van der Waals surface area contributed by atoms with Crippen molar-refractivity contribution in [3.63, 3.8) is 0 Å². The second-order valence-electron chi connectivity index (χ2n) is 4.54. The predicted octanol–water partition coefficient (Wildman–Crippen LogP) is 5.37. The van der Waals surface area contributed by atoms with E-state index in [1.807, 2.05) is 23.5 Å². The van der Waals surface area contributed by atoms with Gasteiger partial charge < -0.3 is 5.32 Å². The molecule has 1 nitrogen and oxygen atoms in total. The van der Waals surface area contributed by atoms with Gasteiger partial charge in [-0.25, -0.2) is 0 Å².